The number of hydrogen-bond acceptors (Lipinski definition) is 3. The van der Waals surface area contributed by atoms with Crippen molar-refractivity contribution in [1.82, 2.24) is 10.2 Å². The number of ether oxygens (including phenoxy) is 1. The standard InChI is InChI=1S/C23H27F2N3O2/c1-30-20-9-4-6-17(12-20)14-26-22(29)28-16-23(24,25)13-19(28)15-27-11-5-8-18-7-2-3-10-21(18)27/h2-4,6-7,9-10,12,19H,5,8,11,13-16H2,1H3,(H,26,29)/t19-/m0/s1. The van der Waals surface area contributed by atoms with Crippen LogP contribution in [0.25, 0.3) is 0 Å². The van der Waals surface area contributed by atoms with Gasteiger partial charge in [0.05, 0.1) is 19.7 Å². The van der Waals surface area contributed by atoms with Crippen LogP contribution in [0.3, 0.4) is 0 Å². The van der Waals surface area contributed by atoms with Gasteiger partial charge in [-0.15, -0.1) is 0 Å². The molecule has 2 aliphatic heterocycles. The number of alkyl halides is 2. The molecule has 5 nitrogen and oxygen atoms in total. The van der Waals surface area contributed by atoms with Crippen molar-refractivity contribution in [1.29, 1.82) is 0 Å². The molecule has 0 bridgehead atoms. The van der Waals surface area contributed by atoms with Gasteiger partial charge < -0.3 is 19.9 Å². The zero-order valence-electron chi connectivity index (χ0n) is 17.1. The summed E-state index contributed by atoms with van der Waals surface area (Å²) in [5.41, 5.74) is 3.19. The molecule has 4 rings (SSSR count). The van der Waals surface area contributed by atoms with Crippen LogP contribution in [0, 0.1) is 0 Å². The van der Waals surface area contributed by atoms with Crippen LogP contribution in [-0.2, 0) is 13.0 Å². The van der Waals surface area contributed by atoms with Crippen molar-refractivity contribution in [2.75, 3.05) is 31.6 Å². The molecule has 0 aliphatic carbocycles. The highest BCUT2D eigenvalue weighted by molar-refractivity contribution is 5.75. The summed E-state index contributed by atoms with van der Waals surface area (Å²) < 4.78 is 33.7. The van der Waals surface area contributed by atoms with E-state index < -0.39 is 24.5 Å². The van der Waals surface area contributed by atoms with Gasteiger partial charge in [-0.1, -0.05) is 30.3 Å². The summed E-state index contributed by atoms with van der Waals surface area (Å²) in [5.74, 6) is -2.18. The van der Waals surface area contributed by atoms with E-state index >= 15 is 0 Å². The number of rotatable bonds is 5. The Morgan fingerprint density at radius 1 is 1.23 bits per heavy atom. The maximum atomic E-state index is 14.3. The zero-order valence-corrected chi connectivity index (χ0v) is 17.1. The fraction of sp³-hybridized carbons (Fsp3) is 0.435. The van der Waals surface area contributed by atoms with E-state index in [9.17, 15) is 13.6 Å². The van der Waals surface area contributed by atoms with Gasteiger partial charge in [-0.05, 0) is 42.2 Å². The van der Waals surface area contributed by atoms with E-state index in [2.05, 4.69) is 16.3 Å². The molecule has 2 aliphatic rings. The summed E-state index contributed by atoms with van der Waals surface area (Å²) in [6.07, 6.45) is 1.68. The number of nitrogens with zero attached hydrogens (tertiary/aromatic N) is 2. The number of halogens is 2. The molecule has 7 heteroatoms. The SMILES string of the molecule is COc1cccc(CNC(=O)N2CC(F)(F)C[C@H]2CN2CCCc3ccccc32)c1. The number of para-hydroxylation sites is 1. The summed E-state index contributed by atoms with van der Waals surface area (Å²) in [6, 6.07) is 14.5. The van der Waals surface area contributed by atoms with Crippen LogP contribution < -0.4 is 15.0 Å². The normalized spacial score (nSPS) is 20.0. The predicted molar refractivity (Wildman–Crippen MR) is 112 cm³/mol. The molecule has 2 aromatic carbocycles. The van der Waals surface area contributed by atoms with Gasteiger partial charge in [-0.25, -0.2) is 13.6 Å². The quantitative estimate of drug-likeness (QED) is 0.801. The van der Waals surface area contributed by atoms with E-state index in [1.165, 1.54) is 10.5 Å². The lowest BCUT2D eigenvalue weighted by Crippen LogP contribution is -2.48. The number of likely N-dealkylation sites (tertiary alicyclic amines) is 1. The molecule has 0 unspecified atom stereocenters. The molecule has 1 fully saturated rings. The fourth-order valence-corrected chi connectivity index (χ4v) is 4.42. The molecule has 2 aromatic rings. The number of methoxy groups -OCH3 is 1. The number of nitrogens with one attached hydrogen (secondary N) is 1. The van der Waals surface area contributed by atoms with E-state index in [1.54, 1.807) is 7.11 Å². The molecule has 1 atom stereocenters. The minimum atomic E-state index is -2.87. The monoisotopic (exact) mass is 415 g/mol. The van der Waals surface area contributed by atoms with E-state index in [1.807, 2.05) is 42.5 Å². The molecule has 0 radical (unpaired) electrons. The number of carbonyl (C=O) groups is 1. The maximum absolute atomic E-state index is 14.3. The van der Waals surface area contributed by atoms with Gasteiger partial charge in [0.15, 0.2) is 0 Å². The summed E-state index contributed by atoms with van der Waals surface area (Å²) in [7, 11) is 1.58. The van der Waals surface area contributed by atoms with Crippen LogP contribution >= 0.6 is 0 Å². The van der Waals surface area contributed by atoms with Crippen molar-refractivity contribution in [3.63, 3.8) is 0 Å². The van der Waals surface area contributed by atoms with Crippen molar-refractivity contribution in [2.45, 2.75) is 37.8 Å². The second-order valence-electron chi connectivity index (χ2n) is 8.03. The highest BCUT2D eigenvalue weighted by Gasteiger charge is 2.47. The highest BCUT2D eigenvalue weighted by Crippen LogP contribution is 2.35. The molecule has 0 aromatic heterocycles. The van der Waals surface area contributed by atoms with Gasteiger partial charge in [-0.3, -0.25) is 0 Å². The molecule has 2 amide bonds. The molecule has 30 heavy (non-hydrogen) atoms. The Bertz CT molecular complexity index is 906. The summed E-state index contributed by atoms with van der Waals surface area (Å²) in [6.45, 7) is 0.950. The number of urea groups is 1. The van der Waals surface area contributed by atoms with Gasteiger partial charge in [0.2, 0.25) is 0 Å². The summed E-state index contributed by atoms with van der Waals surface area (Å²) >= 11 is 0. The van der Waals surface area contributed by atoms with Crippen LogP contribution in [-0.4, -0.2) is 49.6 Å². The van der Waals surface area contributed by atoms with Crippen LogP contribution in [0.2, 0.25) is 0 Å². The van der Waals surface area contributed by atoms with Crippen molar-refractivity contribution < 1.29 is 18.3 Å². The molecule has 160 valence electrons. The lowest BCUT2D eigenvalue weighted by molar-refractivity contribution is 0.0147. The van der Waals surface area contributed by atoms with Crippen molar-refractivity contribution in [2.24, 2.45) is 0 Å². The summed E-state index contributed by atoms with van der Waals surface area (Å²) in [4.78, 5) is 16.2. The molecule has 0 saturated carbocycles. The lowest BCUT2D eigenvalue weighted by atomic mass is 10.0. The molecule has 2 heterocycles. The number of fused-ring (bicyclic) bond motifs is 1. The van der Waals surface area contributed by atoms with Gasteiger partial charge in [-0.2, -0.15) is 0 Å². The number of anilines is 1. The van der Waals surface area contributed by atoms with Crippen LogP contribution in [0.4, 0.5) is 19.3 Å². The largest absolute Gasteiger partial charge is 0.497 e. The topological polar surface area (TPSA) is 44.8 Å². The van der Waals surface area contributed by atoms with Crippen LogP contribution in [0.5, 0.6) is 5.75 Å². The number of hydrogen-bond donors (Lipinski definition) is 1. The number of benzene rings is 2. The van der Waals surface area contributed by atoms with Crippen molar-refractivity contribution >= 4 is 11.7 Å². The minimum Gasteiger partial charge on any atom is -0.497 e. The third-order valence-corrected chi connectivity index (χ3v) is 5.85. The smallest absolute Gasteiger partial charge is 0.318 e. The van der Waals surface area contributed by atoms with Crippen molar-refractivity contribution in [3.8, 4) is 5.75 Å². The first-order chi connectivity index (χ1) is 14.4. The Balaban J connectivity index is 1.44. The van der Waals surface area contributed by atoms with Gasteiger partial charge in [0.25, 0.3) is 5.92 Å². The summed E-state index contributed by atoms with van der Waals surface area (Å²) in [5, 5.41) is 2.80. The van der Waals surface area contributed by atoms with Gasteiger partial charge >= 0.3 is 6.03 Å². The second-order valence-corrected chi connectivity index (χ2v) is 8.03. The van der Waals surface area contributed by atoms with E-state index in [0.29, 0.717) is 12.3 Å². The maximum Gasteiger partial charge on any atom is 0.318 e. The Morgan fingerprint density at radius 2 is 2.07 bits per heavy atom. The first-order valence-corrected chi connectivity index (χ1v) is 10.3. The van der Waals surface area contributed by atoms with Gasteiger partial charge in [0.1, 0.15) is 5.75 Å². The average Bonchev–Trinajstić information content (AvgIpc) is 3.06. The molecule has 1 N–H and O–H groups in total. The number of carbonyl (C=O) groups excluding carboxylic acids is 1. The molecule has 0 spiro atoms. The third-order valence-electron chi connectivity index (χ3n) is 5.85. The lowest BCUT2D eigenvalue weighted by Gasteiger charge is -2.35. The third kappa shape index (κ3) is 4.50. The minimum absolute atomic E-state index is 0.261. The van der Waals surface area contributed by atoms with Gasteiger partial charge in [0, 0.05) is 31.7 Å². The molecular weight excluding hydrogens is 388 g/mol. The Morgan fingerprint density at radius 3 is 2.90 bits per heavy atom. The molecular formula is C23H27F2N3O2. The average molecular weight is 415 g/mol. The van der Waals surface area contributed by atoms with E-state index in [-0.39, 0.29) is 13.0 Å². The first-order valence-electron chi connectivity index (χ1n) is 10.3. The Kier molecular flexibility index (Phi) is 5.79. The van der Waals surface area contributed by atoms with E-state index in [4.69, 9.17) is 4.74 Å². The Hall–Kier alpha value is -2.83. The van der Waals surface area contributed by atoms with E-state index in [0.717, 1.165) is 30.6 Å². The molecule has 1 saturated heterocycles. The Labute approximate surface area is 175 Å². The first kappa shape index (κ1) is 20.4. The highest BCUT2D eigenvalue weighted by atomic mass is 19.3. The van der Waals surface area contributed by atoms with Crippen LogP contribution in [0.15, 0.2) is 48.5 Å². The van der Waals surface area contributed by atoms with Crippen molar-refractivity contribution in [3.05, 3.63) is 59.7 Å². The fourth-order valence-electron chi connectivity index (χ4n) is 4.42. The number of aryl methyl sites for hydroxylation is 1. The zero-order chi connectivity index (χ0) is 21.1. The number of amides is 2. The second kappa shape index (κ2) is 8.50. The predicted octanol–water partition coefficient (Wildman–Crippen LogP) is 4.07. The van der Waals surface area contributed by atoms with Crippen LogP contribution in [0.1, 0.15) is 24.0 Å².